The van der Waals surface area contributed by atoms with E-state index in [1.54, 1.807) is 11.9 Å². The van der Waals surface area contributed by atoms with Gasteiger partial charge in [0.1, 0.15) is 17.2 Å². The smallest absolute Gasteiger partial charge is 0.339 e. The second-order valence-corrected chi connectivity index (χ2v) is 6.31. The number of ether oxygens (including phenoxy) is 2. The largest absolute Gasteiger partial charge is 0.478 e. The average molecular weight is 389 g/mol. The minimum absolute atomic E-state index is 0.0591. The van der Waals surface area contributed by atoms with E-state index in [0.29, 0.717) is 26.4 Å². The molecule has 0 radical (unpaired) electrons. The normalized spacial score (nSPS) is 16.4. The maximum atomic E-state index is 13.0. The van der Waals surface area contributed by atoms with Gasteiger partial charge in [-0.25, -0.2) is 14.2 Å². The van der Waals surface area contributed by atoms with Crippen molar-refractivity contribution < 1.29 is 28.6 Å². The van der Waals surface area contributed by atoms with Crippen LogP contribution < -0.4 is 10.2 Å². The molecule has 28 heavy (non-hydrogen) atoms. The van der Waals surface area contributed by atoms with Gasteiger partial charge in [-0.3, -0.25) is 4.79 Å². The first-order chi connectivity index (χ1) is 13.4. The fourth-order valence-corrected chi connectivity index (χ4v) is 2.83. The van der Waals surface area contributed by atoms with Gasteiger partial charge in [0.05, 0.1) is 37.8 Å². The predicted molar refractivity (Wildman–Crippen MR) is 99.4 cm³/mol. The average Bonchev–Trinajstić information content (AvgIpc) is 2.69. The fourth-order valence-electron chi connectivity index (χ4n) is 2.83. The van der Waals surface area contributed by atoms with Crippen LogP contribution in [-0.4, -0.2) is 61.5 Å². The Kier molecular flexibility index (Phi) is 6.17. The molecule has 1 aliphatic rings. The Bertz CT molecular complexity index is 853. The number of aromatic carboxylic acids is 1. The van der Waals surface area contributed by atoms with Crippen molar-refractivity contribution in [3.63, 3.8) is 0 Å². The Labute approximate surface area is 160 Å². The van der Waals surface area contributed by atoms with Crippen molar-refractivity contribution in [3.05, 3.63) is 53.5 Å². The minimum atomic E-state index is -1.17. The molecule has 2 heterocycles. The van der Waals surface area contributed by atoms with E-state index in [9.17, 15) is 19.1 Å². The van der Waals surface area contributed by atoms with Crippen LogP contribution in [0, 0.1) is 5.82 Å². The van der Waals surface area contributed by atoms with Gasteiger partial charge in [0, 0.05) is 19.2 Å². The summed E-state index contributed by atoms with van der Waals surface area (Å²) >= 11 is 0. The van der Waals surface area contributed by atoms with Crippen LogP contribution in [0.4, 0.5) is 15.9 Å². The van der Waals surface area contributed by atoms with Crippen molar-refractivity contribution in [2.24, 2.45) is 0 Å². The van der Waals surface area contributed by atoms with Crippen molar-refractivity contribution in [2.75, 3.05) is 43.6 Å². The minimum Gasteiger partial charge on any atom is -0.478 e. The standard InChI is InChI=1S/C19H20FN3O5/c1-23(10-15-11-27-6-7-28-15)17-16(19(25)26)8-14(9-21-17)22-18(24)12-2-4-13(20)5-3-12/h2-5,8-9,15H,6-7,10-11H2,1H3,(H,22,24)(H,25,26). The quantitative estimate of drug-likeness (QED) is 0.779. The van der Waals surface area contributed by atoms with Crippen molar-refractivity contribution >= 4 is 23.4 Å². The molecule has 0 spiro atoms. The Morgan fingerprint density at radius 1 is 1.32 bits per heavy atom. The van der Waals surface area contributed by atoms with Gasteiger partial charge < -0.3 is 24.8 Å². The number of amides is 1. The lowest BCUT2D eigenvalue weighted by Gasteiger charge is -2.28. The first kappa shape index (κ1) is 19.7. The van der Waals surface area contributed by atoms with Gasteiger partial charge in [0.2, 0.25) is 0 Å². The summed E-state index contributed by atoms with van der Waals surface area (Å²) in [5.41, 5.74) is 0.408. The molecule has 2 aromatic rings. The molecule has 0 bridgehead atoms. The van der Waals surface area contributed by atoms with E-state index >= 15 is 0 Å². The number of pyridine rings is 1. The van der Waals surface area contributed by atoms with Gasteiger partial charge in [0.25, 0.3) is 5.91 Å². The molecule has 0 aliphatic carbocycles. The van der Waals surface area contributed by atoms with E-state index in [1.165, 1.54) is 36.5 Å². The number of anilines is 2. The molecule has 1 aliphatic heterocycles. The maximum absolute atomic E-state index is 13.0. The Hall–Kier alpha value is -3.04. The van der Waals surface area contributed by atoms with Gasteiger partial charge in [-0.2, -0.15) is 0 Å². The van der Waals surface area contributed by atoms with E-state index in [-0.39, 0.29) is 28.7 Å². The van der Waals surface area contributed by atoms with Crippen LogP contribution >= 0.6 is 0 Å². The van der Waals surface area contributed by atoms with Crippen molar-refractivity contribution in [2.45, 2.75) is 6.10 Å². The number of nitrogens with one attached hydrogen (secondary N) is 1. The van der Waals surface area contributed by atoms with Crippen molar-refractivity contribution in [3.8, 4) is 0 Å². The first-order valence-electron chi connectivity index (χ1n) is 8.65. The fraction of sp³-hybridized carbons (Fsp3) is 0.316. The number of benzene rings is 1. The van der Waals surface area contributed by atoms with Crippen molar-refractivity contribution in [1.29, 1.82) is 0 Å². The zero-order chi connectivity index (χ0) is 20.1. The van der Waals surface area contributed by atoms with Crippen molar-refractivity contribution in [1.82, 2.24) is 4.98 Å². The maximum Gasteiger partial charge on any atom is 0.339 e. The van der Waals surface area contributed by atoms with Gasteiger partial charge in [-0.15, -0.1) is 0 Å². The molecule has 1 amide bonds. The number of carboxylic acid groups (broad SMARTS) is 1. The summed E-state index contributed by atoms with van der Waals surface area (Å²) in [7, 11) is 1.71. The molecule has 1 aromatic carbocycles. The van der Waals surface area contributed by atoms with Crippen LogP contribution in [0.2, 0.25) is 0 Å². The number of carbonyl (C=O) groups is 2. The number of likely N-dealkylation sites (N-methyl/N-ethyl adjacent to an activating group) is 1. The zero-order valence-electron chi connectivity index (χ0n) is 15.2. The molecule has 9 heteroatoms. The highest BCUT2D eigenvalue weighted by Crippen LogP contribution is 2.22. The number of carbonyl (C=O) groups excluding carboxylic acids is 1. The lowest BCUT2D eigenvalue weighted by Crippen LogP contribution is -2.39. The second-order valence-electron chi connectivity index (χ2n) is 6.31. The Morgan fingerprint density at radius 3 is 2.71 bits per heavy atom. The molecule has 0 saturated carbocycles. The number of hydrogen-bond donors (Lipinski definition) is 2. The van der Waals surface area contributed by atoms with Crippen LogP contribution in [0.5, 0.6) is 0 Å². The lowest BCUT2D eigenvalue weighted by molar-refractivity contribution is -0.0837. The highest BCUT2D eigenvalue weighted by Gasteiger charge is 2.22. The molecule has 2 N–H and O–H groups in total. The number of hydrogen-bond acceptors (Lipinski definition) is 6. The summed E-state index contributed by atoms with van der Waals surface area (Å²) in [5.74, 6) is -1.87. The molecule has 1 aromatic heterocycles. The molecule has 1 atom stereocenters. The van der Waals surface area contributed by atoms with E-state index in [0.717, 1.165) is 0 Å². The van der Waals surface area contributed by atoms with E-state index in [1.807, 2.05) is 0 Å². The summed E-state index contributed by atoms with van der Waals surface area (Å²) < 4.78 is 23.9. The molecule has 3 rings (SSSR count). The molecular formula is C19H20FN3O5. The van der Waals surface area contributed by atoms with Crippen LogP contribution in [0.15, 0.2) is 36.5 Å². The highest BCUT2D eigenvalue weighted by molar-refractivity contribution is 6.05. The number of carboxylic acids is 1. The highest BCUT2D eigenvalue weighted by atomic mass is 19.1. The molecule has 1 unspecified atom stereocenters. The van der Waals surface area contributed by atoms with Gasteiger partial charge in [0.15, 0.2) is 0 Å². The summed E-state index contributed by atoms with van der Waals surface area (Å²) in [4.78, 5) is 29.8. The topological polar surface area (TPSA) is 101 Å². The molecular weight excluding hydrogens is 369 g/mol. The molecule has 1 fully saturated rings. The van der Waals surface area contributed by atoms with E-state index in [2.05, 4.69) is 10.3 Å². The summed E-state index contributed by atoms with van der Waals surface area (Å²) in [5, 5.41) is 12.1. The van der Waals surface area contributed by atoms with E-state index in [4.69, 9.17) is 9.47 Å². The van der Waals surface area contributed by atoms with Crippen LogP contribution in [0.1, 0.15) is 20.7 Å². The lowest BCUT2D eigenvalue weighted by atomic mass is 10.2. The van der Waals surface area contributed by atoms with Gasteiger partial charge in [-0.05, 0) is 30.3 Å². The SMILES string of the molecule is CN(CC1COCCO1)c1ncc(NC(=O)c2ccc(F)cc2)cc1C(=O)O. The first-order valence-corrected chi connectivity index (χ1v) is 8.65. The summed E-state index contributed by atoms with van der Waals surface area (Å²) in [6.45, 7) is 1.88. The predicted octanol–water partition coefficient (Wildman–Crippen LogP) is 2.02. The van der Waals surface area contributed by atoms with E-state index < -0.39 is 17.7 Å². The van der Waals surface area contributed by atoms with Crippen LogP contribution in [0.25, 0.3) is 0 Å². The summed E-state index contributed by atoms with van der Waals surface area (Å²) in [6, 6.07) is 6.35. The van der Waals surface area contributed by atoms with Gasteiger partial charge in [-0.1, -0.05) is 0 Å². The third kappa shape index (κ3) is 4.81. The van der Waals surface area contributed by atoms with Gasteiger partial charge >= 0.3 is 5.97 Å². The number of aromatic nitrogens is 1. The second kappa shape index (κ2) is 8.77. The molecule has 148 valence electrons. The zero-order valence-corrected chi connectivity index (χ0v) is 15.2. The third-order valence-electron chi connectivity index (χ3n) is 4.19. The van der Waals surface area contributed by atoms with Crippen LogP contribution in [-0.2, 0) is 9.47 Å². The molecule has 8 nitrogen and oxygen atoms in total. The number of nitrogens with zero attached hydrogens (tertiary/aromatic N) is 2. The summed E-state index contributed by atoms with van der Waals surface area (Å²) in [6.07, 6.45) is 1.19. The Balaban J connectivity index is 1.75. The number of halogens is 1. The monoisotopic (exact) mass is 389 g/mol. The third-order valence-corrected chi connectivity index (χ3v) is 4.19. The van der Waals surface area contributed by atoms with Crippen LogP contribution in [0.3, 0.4) is 0 Å². The Morgan fingerprint density at radius 2 is 2.07 bits per heavy atom. The number of rotatable bonds is 6. The molecule has 1 saturated heterocycles.